The maximum atomic E-state index is 10.5. The SMILES string of the molecule is CC/C=C/C=C/CCC(C)=O. The fourth-order valence-electron chi connectivity index (χ4n) is 0.676. The predicted octanol–water partition coefficient (Wildman–Crippen LogP) is 2.88. The molecule has 0 saturated heterocycles. The van der Waals surface area contributed by atoms with Crippen LogP contribution < -0.4 is 0 Å². The van der Waals surface area contributed by atoms with E-state index in [1.807, 2.05) is 18.2 Å². The molecule has 0 amide bonds. The standard InChI is InChI=1S/C10H16O/c1-3-4-5-6-7-8-9-10(2)11/h4-7H,3,8-9H2,1-2H3/b5-4+,7-6+. The summed E-state index contributed by atoms with van der Waals surface area (Å²) in [5, 5.41) is 0. The van der Waals surface area contributed by atoms with E-state index in [1.165, 1.54) is 0 Å². The second-order valence-electron chi connectivity index (χ2n) is 2.51. The molecular formula is C10H16O. The summed E-state index contributed by atoms with van der Waals surface area (Å²) in [7, 11) is 0. The van der Waals surface area contributed by atoms with Crippen LogP contribution in [0.5, 0.6) is 0 Å². The summed E-state index contributed by atoms with van der Waals surface area (Å²) in [6.45, 7) is 3.72. The molecule has 0 spiro atoms. The van der Waals surface area contributed by atoms with Gasteiger partial charge in [0.1, 0.15) is 5.78 Å². The minimum atomic E-state index is 0.258. The van der Waals surface area contributed by atoms with E-state index < -0.39 is 0 Å². The third-order valence-electron chi connectivity index (χ3n) is 1.28. The molecule has 0 rings (SSSR count). The van der Waals surface area contributed by atoms with Crippen LogP contribution in [0.4, 0.5) is 0 Å². The highest BCUT2D eigenvalue weighted by atomic mass is 16.1. The van der Waals surface area contributed by atoms with Crippen LogP contribution in [0, 0.1) is 0 Å². The number of carbonyl (C=O) groups excluding carboxylic acids is 1. The summed E-state index contributed by atoms with van der Waals surface area (Å²) in [5.74, 6) is 0.258. The van der Waals surface area contributed by atoms with Crippen molar-refractivity contribution in [3.63, 3.8) is 0 Å². The molecule has 0 bridgehead atoms. The Kier molecular flexibility index (Phi) is 6.70. The van der Waals surface area contributed by atoms with Crippen LogP contribution >= 0.6 is 0 Å². The van der Waals surface area contributed by atoms with Crippen LogP contribution in [-0.2, 0) is 4.79 Å². The highest BCUT2D eigenvalue weighted by molar-refractivity contribution is 5.75. The summed E-state index contributed by atoms with van der Waals surface area (Å²) < 4.78 is 0. The predicted molar refractivity (Wildman–Crippen MR) is 48.5 cm³/mol. The van der Waals surface area contributed by atoms with E-state index in [9.17, 15) is 4.79 Å². The molecule has 0 radical (unpaired) electrons. The van der Waals surface area contributed by atoms with Gasteiger partial charge in [0.15, 0.2) is 0 Å². The summed E-state index contributed by atoms with van der Waals surface area (Å²) in [6.07, 6.45) is 10.7. The largest absolute Gasteiger partial charge is 0.300 e. The fraction of sp³-hybridized carbons (Fsp3) is 0.500. The van der Waals surface area contributed by atoms with Crippen LogP contribution in [0.2, 0.25) is 0 Å². The van der Waals surface area contributed by atoms with Crippen LogP contribution in [0.1, 0.15) is 33.1 Å². The lowest BCUT2D eigenvalue weighted by Gasteiger charge is -1.85. The van der Waals surface area contributed by atoms with Crippen LogP contribution in [0.3, 0.4) is 0 Å². The van der Waals surface area contributed by atoms with Gasteiger partial charge in [-0.25, -0.2) is 0 Å². The highest BCUT2D eigenvalue weighted by Gasteiger charge is 1.86. The molecule has 0 heterocycles. The average molecular weight is 152 g/mol. The zero-order valence-electron chi connectivity index (χ0n) is 7.34. The van der Waals surface area contributed by atoms with E-state index in [0.29, 0.717) is 6.42 Å². The lowest BCUT2D eigenvalue weighted by Crippen LogP contribution is -1.85. The van der Waals surface area contributed by atoms with Gasteiger partial charge >= 0.3 is 0 Å². The van der Waals surface area contributed by atoms with Crippen molar-refractivity contribution in [2.45, 2.75) is 33.1 Å². The summed E-state index contributed by atoms with van der Waals surface area (Å²) >= 11 is 0. The molecule has 0 aromatic rings. The summed E-state index contributed by atoms with van der Waals surface area (Å²) in [6, 6.07) is 0. The first-order valence-electron chi connectivity index (χ1n) is 4.08. The second-order valence-corrected chi connectivity index (χ2v) is 2.51. The molecule has 0 aliphatic heterocycles. The van der Waals surface area contributed by atoms with Gasteiger partial charge < -0.3 is 4.79 Å². The Balaban J connectivity index is 3.30. The molecule has 11 heavy (non-hydrogen) atoms. The first kappa shape index (κ1) is 10.2. The van der Waals surface area contributed by atoms with Gasteiger partial charge in [0.2, 0.25) is 0 Å². The molecular weight excluding hydrogens is 136 g/mol. The van der Waals surface area contributed by atoms with Crippen molar-refractivity contribution in [1.82, 2.24) is 0 Å². The molecule has 0 aliphatic carbocycles. The van der Waals surface area contributed by atoms with Gasteiger partial charge in [-0.15, -0.1) is 0 Å². The molecule has 0 saturated carbocycles. The lowest BCUT2D eigenvalue weighted by molar-refractivity contribution is -0.116. The molecule has 62 valence electrons. The lowest BCUT2D eigenvalue weighted by atomic mass is 10.2. The Morgan fingerprint density at radius 2 is 1.91 bits per heavy atom. The Labute approximate surface area is 68.8 Å². The number of rotatable bonds is 5. The van der Waals surface area contributed by atoms with E-state index in [1.54, 1.807) is 6.92 Å². The summed E-state index contributed by atoms with van der Waals surface area (Å²) in [5.41, 5.74) is 0. The third kappa shape index (κ3) is 9.15. The van der Waals surface area contributed by atoms with Gasteiger partial charge in [-0.05, 0) is 19.8 Å². The van der Waals surface area contributed by atoms with Gasteiger partial charge in [-0.2, -0.15) is 0 Å². The maximum absolute atomic E-state index is 10.5. The number of ketones is 1. The van der Waals surface area contributed by atoms with Crippen molar-refractivity contribution in [3.05, 3.63) is 24.3 Å². The van der Waals surface area contributed by atoms with Crippen molar-refractivity contribution in [1.29, 1.82) is 0 Å². The molecule has 1 heteroatoms. The van der Waals surface area contributed by atoms with E-state index in [4.69, 9.17) is 0 Å². The van der Waals surface area contributed by atoms with E-state index in [2.05, 4.69) is 13.0 Å². The number of hydrogen-bond acceptors (Lipinski definition) is 1. The molecule has 0 aromatic carbocycles. The van der Waals surface area contributed by atoms with Gasteiger partial charge in [-0.3, -0.25) is 0 Å². The number of carbonyl (C=O) groups is 1. The number of allylic oxidation sites excluding steroid dienone is 4. The number of hydrogen-bond donors (Lipinski definition) is 0. The maximum Gasteiger partial charge on any atom is 0.130 e. The Hall–Kier alpha value is -0.850. The molecule has 0 aliphatic rings. The quantitative estimate of drug-likeness (QED) is 0.553. The van der Waals surface area contributed by atoms with E-state index in [0.717, 1.165) is 12.8 Å². The molecule has 1 nitrogen and oxygen atoms in total. The minimum Gasteiger partial charge on any atom is -0.300 e. The van der Waals surface area contributed by atoms with Gasteiger partial charge in [0, 0.05) is 6.42 Å². The van der Waals surface area contributed by atoms with Crippen LogP contribution in [0.15, 0.2) is 24.3 Å². The first-order chi connectivity index (χ1) is 5.27. The van der Waals surface area contributed by atoms with Gasteiger partial charge in [0.05, 0.1) is 0 Å². The normalized spacial score (nSPS) is 11.5. The van der Waals surface area contributed by atoms with Crippen molar-refractivity contribution >= 4 is 5.78 Å². The molecule has 0 atom stereocenters. The van der Waals surface area contributed by atoms with Crippen LogP contribution in [-0.4, -0.2) is 5.78 Å². The summed E-state index contributed by atoms with van der Waals surface area (Å²) in [4.78, 5) is 10.5. The molecule has 0 unspecified atom stereocenters. The van der Waals surface area contributed by atoms with Crippen LogP contribution in [0.25, 0.3) is 0 Å². The Bertz CT molecular complexity index is 154. The van der Waals surface area contributed by atoms with Gasteiger partial charge in [0.25, 0.3) is 0 Å². The zero-order chi connectivity index (χ0) is 8.53. The fourth-order valence-corrected chi connectivity index (χ4v) is 0.676. The topological polar surface area (TPSA) is 17.1 Å². The minimum absolute atomic E-state index is 0.258. The smallest absolute Gasteiger partial charge is 0.130 e. The van der Waals surface area contributed by atoms with E-state index in [-0.39, 0.29) is 5.78 Å². The Morgan fingerprint density at radius 1 is 1.27 bits per heavy atom. The van der Waals surface area contributed by atoms with Crippen molar-refractivity contribution < 1.29 is 4.79 Å². The Morgan fingerprint density at radius 3 is 2.45 bits per heavy atom. The van der Waals surface area contributed by atoms with Crippen molar-refractivity contribution in [2.24, 2.45) is 0 Å². The second kappa shape index (κ2) is 7.26. The van der Waals surface area contributed by atoms with Crippen molar-refractivity contribution in [3.8, 4) is 0 Å². The molecule has 0 aromatic heterocycles. The third-order valence-corrected chi connectivity index (χ3v) is 1.28. The zero-order valence-corrected chi connectivity index (χ0v) is 7.34. The molecule has 0 fully saturated rings. The highest BCUT2D eigenvalue weighted by Crippen LogP contribution is 1.92. The number of Topliss-reactive ketones (excluding diaryl/α,β-unsaturated/α-hetero) is 1. The molecule has 0 N–H and O–H groups in total. The first-order valence-corrected chi connectivity index (χ1v) is 4.08. The van der Waals surface area contributed by atoms with Gasteiger partial charge in [-0.1, -0.05) is 31.2 Å². The monoisotopic (exact) mass is 152 g/mol. The van der Waals surface area contributed by atoms with E-state index >= 15 is 0 Å². The average Bonchev–Trinajstić information content (AvgIpc) is 1.96. The van der Waals surface area contributed by atoms with Crippen molar-refractivity contribution in [2.75, 3.05) is 0 Å².